The van der Waals surface area contributed by atoms with E-state index >= 15 is 0 Å². The Kier molecular flexibility index (Phi) is 4.98. The Bertz CT molecular complexity index is 334. The van der Waals surface area contributed by atoms with Gasteiger partial charge in [-0.25, -0.2) is 4.98 Å². The van der Waals surface area contributed by atoms with Gasteiger partial charge in [-0.05, 0) is 6.54 Å². The summed E-state index contributed by atoms with van der Waals surface area (Å²) in [5.74, 6) is 0.910. The molecule has 16 heavy (non-hydrogen) atoms. The first kappa shape index (κ1) is 12.7. The van der Waals surface area contributed by atoms with Crippen molar-refractivity contribution in [1.29, 1.82) is 0 Å². The Morgan fingerprint density at radius 1 is 1.62 bits per heavy atom. The number of nitrogens with zero attached hydrogens (tertiary/aromatic N) is 2. The Labute approximate surface area is 96.3 Å². The van der Waals surface area contributed by atoms with Crippen molar-refractivity contribution in [3.05, 3.63) is 18.2 Å². The van der Waals surface area contributed by atoms with Crippen molar-refractivity contribution >= 4 is 5.91 Å². The molecule has 1 amide bonds. The number of nitrogens with one attached hydrogen (secondary N) is 2. The quantitative estimate of drug-likeness (QED) is 0.730. The van der Waals surface area contributed by atoms with Crippen LogP contribution in [-0.4, -0.2) is 28.5 Å². The Balaban J connectivity index is 2.32. The number of imidazole rings is 1. The second-order valence-corrected chi connectivity index (χ2v) is 3.88. The van der Waals surface area contributed by atoms with Crippen LogP contribution in [0, 0.1) is 5.92 Å². The molecule has 0 radical (unpaired) electrons. The number of aryl methyl sites for hydroxylation is 1. The summed E-state index contributed by atoms with van der Waals surface area (Å²) in [7, 11) is 1.91. The molecule has 0 saturated heterocycles. The minimum atomic E-state index is -0.0137. The van der Waals surface area contributed by atoms with Gasteiger partial charge < -0.3 is 15.2 Å². The molecule has 0 fully saturated rings. The fourth-order valence-corrected chi connectivity index (χ4v) is 1.36. The fourth-order valence-electron chi connectivity index (χ4n) is 1.36. The Hall–Kier alpha value is -1.36. The summed E-state index contributed by atoms with van der Waals surface area (Å²) in [6.45, 7) is 6.02. The Morgan fingerprint density at radius 3 is 2.94 bits per heavy atom. The number of amides is 1. The molecule has 0 spiro atoms. The van der Waals surface area contributed by atoms with E-state index in [-0.39, 0.29) is 11.8 Å². The summed E-state index contributed by atoms with van der Waals surface area (Å²) in [5, 5.41) is 6.02. The normalized spacial score (nSPS) is 12.4. The molecule has 1 atom stereocenters. The maximum absolute atomic E-state index is 11.7. The maximum Gasteiger partial charge on any atom is 0.224 e. The zero-order valence-electron chi connectivity index (χ0n) is 10.2. The average Bonchev–Trinajstić information content (AvgIpc) is 2.68. The molecule has 0 aromatic carbocycles. The summed E-state index contributed by atoms with van der Waals surface area (Å²) >= 11 is 0. The van der Waals surface area contributed by atoms with E-state index in [9.17, 15) is 4.79 Å². The summed E-state index contributed by atoms with van der Waals surface area (Å²) in [6.07, 6.45) is 3.59. The van der Waals surface area contributed by atoms with Gasteiger partial charge in [0.1, 0.15) is 5.82 Å². The van der Waals surface area contributed by atoms with Gasteiger partial charge in [0.15, 0.2) is 0 Å². The minimum absolute atomic E-state index is 0.0137. The molecule has 90 valence electrons. The van der Waals surface area contributed by atoms with Gasteiger partial charge in [-0.1, -0.05) is 13.8 Å². The molecule has 5 nitrogen and oxygen atoms in total. The van der Waals surface area contributed by atoms with Crippen LogP contribution in [0.5, 0.6) is 0 Å². The molecular formula is C11H20N4O. The molecule has 1 unspecified atom stereocenters. The van der Waals surface area contributed by atoms with Crippen LogP contribution >= 0.6 is 0 Å². The molecule has 1 aromatic rings. The maximum atomic E-state index is 11.7. The monoisotopic (exact) mass is 224 g/mol. The predicted octanol–water partition coefficient (Wildman–Crippen LogP) is 0.282. The van der Waals surface area contributed by atoms with Crippen LogP contribution in [0.2, 0.25) is 0 Å². The van der Waals surface area contributed by atoms with E-state index < -0.39 is 0 Å². The molecule has 1 aromatic heterocycles. The number of carbonyl (C=O) groups excluding carboxylic acids is 1. The van der Waals surface area contributed by atoms with Crippen molar-refractivity contribution in [2.24, 2.45) is 13.0 Å². The van der Waals surface area contributed by atoms with Crippen LogP contribution in [0.4, 0.5) is 0 Å². The summed E-state index contributed by atoms with van der Waals surface area (Å²) in [4.78, 5) is 15.8. The number of aromatic nitrogens is 2. The first-order valence-electron chi connectivity index (χ1n) is 5.59. The minimum Gasteiger partial charge on any atom is -0.349 e. The lowest BCUT2D eigenvalue weighted by molar-refractivity contribution is -0.124. The zero-order valence-corrected chi connectivity index (χ0v) is 10.2. The van der Waals surface area contributed by atoms with Gasteiger partial charge in [-0.2, -0.15) is 0 Å². The molecule has 0 aliphatic carbocycles. The highest BCUT2D eigenvalue weighted by Crippen LogP contribution is 1.96. The number of hydrogen-bond donors (Lipinski definition) is 2. The van der Waals surface area contributed by atoms with Crippen LogP contribution < -0.4 is 10.6 Å². The summed E-state index contributed by atoms with van der Waals surface area (Å²) in [6, 6.07) is 0. The topological polar surface area (TPSA) is 59.0 Å². The molecule has 1 rings (SSSR count). The van der Waals surface area contributed by atoms with Gasteiger partial charge in [-0.15, -0.1) is 0 Å². The van der Waals surface area contributed by atoms with Crippen molar-refractivity contribution in [3.8, 4) is 0 Å². The molecule has 0 bridgehead atoms. The molecule has 0 aliphatic rings. The van der Waals surface area contributed by atoms with E-state index in [4.69, 9.17) is 0 Å². The number of hydrogen-bond acceptors (Lipinski definition) is 3. The molecule has 5 heteroatoms. The summed E-state index contributed by atoms with van der Waals surface area (Å²) in [5.41, 5.74) is 0. The smallest absolute Gasteiger partial charge is 0.224 e. The van der Waals surface area contributed by atoms with Crippen LogP contribution in [0.25, 0.3) is 0 Å². The van der Waals surface area contributed by atoms with Crippen LogP contribution in [0.15, 0.2) is 12.4 Å². The van der Waals surface area contributed by atoms with Crippen molar-refractivity contribution in [3.63, 3.8) is 0 Å². The zero-order chi connectivity index (χ0) is 12.0. The molecule has 2 N–H and O–H groups in total. The highest BCUT2D eigenvalue weighted by molar-refractivity contribution is 5.78. The third-order valence-electron chi connectivity index (χ3n) is 2.49. The second kappa shape index (κ2) is 6.27. The van der Waals surface area contributed by atoms with Gasteiger partial charge in [-0.3, -0.25) is 4.79 Å². The van der Waals surface area contributed by atoms with Gasteiger partial charge in [0, 0.05) is 31.9 Å². The van der Waals surface area contributed by atoms with Crippen molar-refractivity contribution in [2.75, 3.05) is 13.1 Å². The highest BCUT2D eigenvalue weighted by atomic mass is 16.1. The third kappa shape index (κ3) is 3.66. The SMILES string of the molecule is CCNCC(C)C(=O)NCc1nccn1C. The van der Waals surface area contributed by atoms with E-state index in [1.807, 2.05) is 31.7 Å². The van der Waals surface area contributed by atoms with Crippen molar-refractivity contribution in [1.82, 2.24) is 20.2 Å². The van der Waals surface area contributed by atoms with Crippen molar-refractivity contribution in [2.45, 2.75) is 20.4 Å². The van der Waals surface area contributed by atoms with E-state index in [1.54, 1.807) is 6.20 Å². The number of rotatable bonds is 6. The lowest BCUT2D eigenvalue weighted by Crippen LogP contribution is -2.35. The van der Waals surface area contributed by atoms with Crippen LogP contribution in [-0.2, 0) is 18.4 Å². The first-order chi connectivity index (χ1) is 7.65. The lowest BCUT2D eigenvalue weighted by atomic mass is 10.1. The Morgan fingerprint density at radius 2 is 2.38 bits per heavy atom. The van der Waals surface area contributed by atoms with E-state index in [0.717, 1.165) is 12.4 Å². The largest absolute Gasteiger partial charge is 0.349 e. The van der Waals surface area contributed by atoms with Gasteiger partial charge >= 0.3 is 0 Å². The third-order valence-corrected chi connectivity index (χ3v) is 2.49. The molecular weight excluding hydrogens is 204 g/mol. The highest BCUT2D eigenvalue weighted by Gasteiger charge is 2.12. The van der Waals surface area contributed by atoms with E-state index in [0.29, 0.717) is 13.1 Å². The summed E-state index contributed by atoms with van der Waals surface area (Å²) < 4.78 is 1.90. The molecule has 1 heterocycles. The average molecular weight is 224 g/mol. The fraction of sp³-hybridized carbons (Fsp3) is 0.636. The first-order valence-corrected chi connectivity index (χ1v) is 5.59. The predicted molar refractivity (Wildman–Crippen MR) is 62.8 cm³/mol. The van der Waals surface area contributed by atoms with E-state index in [2.05, 4.69) is 15.6 Å². The van der Waals surface area contributed by atoms with Crippen LogP contribution in [0.3, 0.4) is 0 Å². The van der Waals surface area contributed by atoms with Gasteiger partial charge in [0.2, 0.25) is 5.91 Å². The van der Waals surface area contributed by atoms with Gasteiger partial charge in [0.05, 0.1) is 6.54 Å². The van der Waals surface area contributed by atoms with Gasteiger partial charge in [0.25, 0.3) is 0 Å². The number of carbonyl (C=O) groups is 1. The van der Waals surface area contributed by atoms with Crippen molar-refractivity contribution < 1.29 is 4.79 Å². The second-order valence-electron chi connectivity index (χ2n) is 3.88. The van der Waals surface area contributed by atoms with E-state index in [1.165, 1.54) is 0 Å². The van der Waals surface area contributed by atoms with Crippen LogP contribution in [0.1, 0.15) is 19.7 Å². The lowest BCUT2D eigenvalue weighted by Gasteiger charge is -2.12. The molecule has 0 aliphatic heterocycles. The molecule has 0 saturated carbocycles. The standard InChI is InChI=1S/C11H20N4O/c1-4-12-7-9(2)11(16)14-8-10-13-5-6-15(10)3/h5-6,9,12H,4,7-8H2,1-3H3,(H,14,16).